The van der Waals surface area contributed by atoms with Crippen molar-refractivity contribution >= 4 is 25.7 Å². The zero-order chi connectivity index (χ0) is 19.8. The van der Waals surface area contributed by atoms with Crippen LogP contribution in [-0.4, -0.2) is 23.9 Å². The number of halogens is 3. The third kappa shape index (κ3) is 4.45. The Balaban J connectivity index is 2.45. The van der Waals surface area contributed by atoms with Crippen LogP contribution in [0.2, 0.25) is 0 Å². The summed E-state index contributed by atoms with van der Waals surface area (Å²) >= 11 is 0. The highest BCUT2D eigenvalue weighted by Crippen LogP contribution is 2.31. The molecular weight excluding hydrogens is 397 g/mol. The number of alkyl halides is 3. The van der Waals surface area contributed by atoms with Crippen LogP contribution >= 0.6 is 0 Å². The summed E-state index contributed by atoms with van der Waals surface area (Å²) in [4.78, 5) is -1.12. The number of nitrogens with one attached hydrogen (secondary N) is 1. The highest BCUT2D eigenvalue weighted by atomic mass is 32.2. The van der Waals surface area contributed by atoms with Gasteiger partial charge in [-0.15, -0.1) is 0 Å². The van der Waals surface area contributed by atoms with Crippen LogP contribution in [0, 0.1) is 0 Å². The van der Waals surface area contributed by atoms with E-state index in [1.807, 2.05) is 4.72 Å². The summed E-state index contributed by atoms with van der Waals surface area (Å²) in [5.74, 6) is -0.116. The van der Waals surface area contributed by atoms with Crippen molar-refractivity contribution in [3.63, 3.8) is 0 Å². The molecule has 0 bridgehead atoms. The minimum absolute atomic E-state index is 0.116. The van der Waals surface area contributed by atoms with Gasteiger partial charge in [0.2, 0.25) is 10.0 Å². The zero-order valence-electron chi connectivity index (χ0n) is 13.1. The molecule has 0 saturated heterocycles. The molecule has 0 spiro atoms. The first kappa shape index (κ1) is 20.0. The van der Waals surface area contributed by atoms with Gasteiger partial charge in [-0.3, -0.25) is 4.72 Å². The molecule has 0 aliphatic rings. The fourth-order valence-electron chi connectivity index (χ4n) is 2.02. The molecule has 0 heterocycles. The number of hydrogen-bond donors (Lipinski definition) is 2. The third-order valence-corrected chi connectivity index (χ3v) is 5.51. The normalized spacial score (nSPS) is 12.7. The lowest BCUT2D eigenvalue weighted by atomic mass is 10.2. The third-order valence-electron chi connectivity index (χ3n) is 3.19. The van der Waals surface area contributed by atoms with E-state index in [1.54, 1.807) is 0 Å². The quantitative estimate of drug-likeness (QED) is 0.784. The van der Waals surface area contributed by atoms with Crippen LogP contribution in [0.3, 0.4) is 0 Å². The van der Waals surface area contributed by atoms with Crippen molar-refractivity contribution in [2.75, 3.05) is 11.8 Å². The van der Waals surface area contributed by atoms with Gasteiger partial charge >= 0.3 is 6.18 Å². The van der Waals surface area contributed by atoms with Crippen molar-refractivity contribution in [3.05, 3.63) is 48.0 Å². The lowest BCUT2D eigenvalue weighted by Crippen LogP contribution is -2.17. The van der Waals surface area contributed by atoms with Gasteiger partial charge in [0, 0.05) is 0 Å². The molecule has 0 atom stereocenters. The van der Waals surface area contributed by atoms with E-state index in [4.69, 9.17) is 9.88 Å². The van der Waals surface area contributed by atoms with Crippen LogP contribution in [0.1, 0.15) is 5.56 Å². The van der Waals surface area contributed by atoms with Crippen LogP contribution in [0.25, 0.3) is 0 Å². The van der Waals surface area contributed by atoms with E-state index in [2.05, 4.69) is 0 Å². The summed E-state index contributed by atoms with van der Waals surface area (Å²) in [6, 6.07) is 6.35. The molecule has 0 aliphatic carbocycles. The van der Waals surface area contributed by atoms with E-state index in [-0.39, 0.29) is 11.4 Å². The Morgan fingerprint density at radius 1 is 1.04 bits per heavy atom. The second-order valence-corrected chi connectivity index (χ2v) is 8.25. The van der Waals surface area contributed by atoms with E-state index in [1.165, 1.54) is 13.2 Å². The van der Waals surface area contributed by atoms with Gasteiger partial charge in [0.05, 0.1) is 23.3 Å². The number of hydrogen-bond acceptors (Lipinski definition) is 5. The summed E-state index contributed by atoms with van der Waals surface area (Å²) in [5, 5.41) is 5.03. The molecule has 2 aromatic carbocycles. The minimum atomic E-state index is -4.72. The molecule has 26 heavy (non-hydrogen) atoms. The molecule has 0 unspecified atom stereocenters. The average Bonchev–Trinajstić information content (AvgIpc) is 2.53. The second kappa shape index (κ2) is 6.78. The SMILES string of the molecule is COc1ccc(NS(=O)(=O)c2cccc(C(F)(F)F)c2)cc1S(N)(=O)=O. The summed E-state index contributed by atoms with van der Waals surface area (Å²) < 4.78 is 92.8. The molecule has 12 heteroatoms. The number of methoxy groups -OCH3 is 1. The van der Waals surface area contributed by atoms with Crippen LogP contribution in [0.4, 0.5) is 18.9 Å². The first-order chi connectivity index (χ1) is 11.8. The summed E-state index contributed by atoms with van der Waals surface area (Å²) in [6.07, 6.45) is -4.72. The van der Waals surface area contributed by atoms with Crippen molar-refractivity contribution in [1.82, 2.24) is 0 Å². The van der Waals surface area contributed by atoms with Crippen molar-refractivity contribution in [1.29, 1.82) is 0 Å². The Kier molecular flexibility index (Phi) is 5.21. The van der Waals surface area contributed by atoms with Gasteiger partial charge in [-0.05, 0) is 36.4 Å². The Hall–Kier alpha value is -2.31. The van der Waals surface area contributed by atoms with Crippen molar-refractivity contribution < 1.29 is 34.7 Å². The molecule has 0 radical (unpaired) electrons. The molecular formula is C14H13F3N2O5S2. The molecule has 2 aromatic rings. The Bertz CT molecular complexity index is 1030. The van der Waals surface area contributed by atoms with E-state index in [0.717, 1.165) is 30.3 Å². The average molecular weight is 410 g/mol. The Morgan fingerprint density at radius 2 is 1.69 bits per heavy atom. The van der Waals surface area contributed by atoms with E-state index in [0.29, 0.717) is 6.07 Å². The number of ether oxygens (including phenoxy) is 1. The van der Waals surface area contributed by atoms with Crippen molar-refractivity contribution in [3.8, 4) is 5.75 Å². The van der Waals surface area contributed by atoms with Gasteiger partial charge in [0.15, 0.2) is 0 Å². The number of anilines is 1. The first-order valence-electron chi connectivity index (χ1n) is 6.75. The number of benzene rings is 2. The smallest absolute Gasteiger partial charge is 0.416 e. The molecule has 142 valence electrons. The van der Waals surface area contributed by atoms with Crippen molar-refractivity contribution in [2.24, 2.45) is 5.14 Å². The highest BCUT2D eigenvalue weighted by Gasteiger charge is 2.31. The lowest BCUT2D eigenvalue weighted by molar-refractivity contribution is -0.137. The number of nitrogens with two attached hydrogens (primary N) is 1. The predicted molar refractivity (Wildman–Crippen MR) is 86.6 cm³/mol. The maximum Gasteiger partial charge on any atom is 0.416 e. The van der Waals surface area contributed by atoms with Gasteiger partial charge in [0.25, 0.3) is 10.0 Å². The van der Waals surface area contributed by atoms with Gasteiger partial charge in [-0.2, -0.15) is 13.2 Å². The minimum Gasteiger partial charge on any atom is -0.495 e. The highest BCUT2D eigenvalue weighted by molar-refractivity contribution is 7.92. The van der Waals surface area contributed by atoms with Crippen LogP contribution in [-0.2, 0) is 26.2 Å². The van der Waals surface area contributed by atoms with Crippen LogP contribution in [0.5, 0.6) is 5.75 Å². The fraction of sp³-hybridized carbons (Fsp3) is 0.143. The fourth-order valence-corrected chi connectivity index (χ4v) is 3.83. The van der Waals surface area contributed by atoms with Gasteiger partial charge in [-0.1, -0.05) is 6.07 Å². The molecule has 0 aromatic heterocycles. The number of sulfonamides is 2. The summed E-state index contributed by atoms with van der Waals surface area (Å²) in [5.41, 5.74) is -1.35. The Morgan fingerprint density at radius 3 is 2.23 bits per heavy atom. The number of primary sulfonamides is 1. The topological polar surface area (TPSA) is 116 Å². The Labute approximate surface area is 147 Å². The molecule has 3 N–H and O–H groups in total. The molecule has 0 aliphatic heterocycles. The lowest BCUT2D eigenvalue weighted by Gasteiger charge is -2.13. The van der Waals surface area contributed by atoms with Gasteiger partial charge in [0.1, 0.15) is 10.6 Å². The maximum absolute atomic E-state index is 12.7. The van der Waals surface area contributed by atoms with E-state index in [9.17, 15) is 30.0 Å². The molecule has 0 fully saturated rings. The molecule has 0 saturated carbocycles. The van der Waals surface area contributed by atoms with Gasteiger partial charge < -0.3 is 4.74 Å². The zero-order valence-corrected chi connectivity index (χ0v) is 14.7. The van der Waals surface area contributed by atoms with E-state index < -0.39 is 41.6 Å². The molecule has 2 rings (SSSR count). The monoisotopic (exact) mass is 410 g/mol. The standard InChI is InChI=1S/C14H13F3N2O5S2/c1-24-12-6-5-10(8-13(12)25(18,20)21)19-26(22,23)11-4-2-3-9(7-11)14(15,16)17/h2-8,19H,1H3,(H2,18,20,21). The maximum atomic E-state index is 12.7. The summed E-state index contributed by atoms with van der Waals surface area (Å²) in [6.45, 7) is 0. The first-order valence-corrected chi connectivity index (χ1v) is 9.78. The second-order valence-electron chi connectivity index (χ2n) is 5.04. The number of rotatable bonds is 5. The molecule has 0 amide bonds. The van der Waals surface area contributed by atoms with E-state index >= 15 is 0 Å². The molecule has 7 nitrogen and oxygen atoms in total. The van der Waals surface area contributed by atoms with Crippen LogP contribution in [0.15, 0.2) is 52.3 Å². The van der Waals surface area contributed by atoms with Crippen LogP contribution < -0.4 is 14.6 Å². The van der Waals surface area contributed by atoms with Gasteiger partial charge in [-0.25, -0.2) is 22.0 Å². The van der Waals surface area contributed by atoms with Crippen molar-refractivity contribution in [2.45, 2.75) is 16.0 Å². The summed E-state index contributed by atoms with van der Waals surface area (Å²) in [7, 11) is -7.44. The largest absolute Gasteiger partial charge is 0.495 e. The predicted octanol–water partition coefficient (Wildman–Crippen LogP) is 2.16.